The van der Waals surface area contributed by atoms with Crippen molar-refractivity contribution >= 4 is 39.4 Å². The fourth-order valence-corrected chi connectivity index (χ4v) is 4.16. The van der Waals surface area contributed by atoms with Gasteiger partial charge in [-0.2, -0.15) is 0 Å². The molecule has 3 aromatic rings. The molecule has 1 aliphatic rings. The average Bonchev–Trinajstić information content (AvgIpc) is 3.08. The minimum Gasteiger partial charge on any atom is -0.448 e. The van der Waals surface area contributed by atoms with E-state index >= 15 is 0 Å². The Morgan fingerprint density at radius 2 is 1.55 bits per heavy atom. The van der Waals surface area contributed by atoms with Crippen molar-refractivity contribution in [3.63, 3.8) is 0 Å². The van der Waals surface area contributed by atoms with E-state index in [0.29, 0.717) is 17.9 Å². The summed E-state index contributed by atoms with van der Waals surface area (Å²) in [5, 5.41) is 8.13. The number of carbonyl (C=O) groups excluding carboxylic acids is 2. The quantitative estimate of drug-likeness (QED) is 0.422. The van der Waals surface area contributed by atoms with Crippen molar-refractivity contribution in [3.05, 3.63) is 82.3 Å². The smallest absolute Gasteiger partial charge is 0.411 e. The maximum Gasteiger partial charge on any atom is 0.411 e. The molecule has 158 valence electrons. The summed E-state index contributed by atoms with van der Waals surface area (Å²) < 4.78 is 6.37. The van der Waals surface area contributed by atoms with Crippen molar-refractivity contribution in [3.8, 4) is 11.1 Å². The predicted octanol–water partition coefficient (Wildman–Crippen LogP) is 5.95. The topological polar surface area (TPSA) is 79.5 Å². The van der Waals surface area contributed by atoms with Gasteiger partial charge in [-0.1, -0.05) is 64.5 Å². The van der Waals surface area contributed by atoms with Crippen LogP contribution in [0.3, 0.4) is 0 Å². The normalized spacial score (nSPS) is 11.9. The molecule has 0 radical (unpaired) electrons. The van der Waals surface area contributed by atoms with Crippen molar-refractivity contribution in [2.45, 2.75) is 12.8 Å². The molecule has 6 nitrogen and oxygen atoms in total. The highest BCUT2D eigenvalue weighted by molar-refractivity contribution is 9.10. The fraction of sp³-hybridized carbons (Fsp3) is 0.167. The summed E-state index contributed by atoms with van der Waals surface area (Å²) >= 11 is 3.38. The molecule has 0 unspecified atom stereocenters. The predicted molar refractivity (Wildman–Crippen MR) is 126 cm³/mol. The molecular formula is C24H22BrN3O3. The molecule has 3 aromatic carbocycles. The SMILES string of the molecule is CCNC(=O)Nc1cc(Br)ccc1NC(=O)OCC1c2ccccc2-c2ccccc21. The van der Waals surface area contributed by atoms with Crippen LogP contribution in [-0.2, 0) is 4.74 Å². The molecule has 0 saturated heterocycles. The number of hydrogen-bond donors (Lipinski definition) is 3. The van der Waals surface area contributed by atoms with Gasteiger partial charge in [0, 0.05) is 16.9 Å². The number of amides is 3. The van der Waals surface area contributed by atoms with Crippen LogP contribution in [0, 0.1) is 0 Å². The lowest BCUT2D eigenvalue weighted by Crippen LogP contribution is -2.29. The van der Waals surface area contributed by atoms with Crippen molar-refractivity contribution < 1.29 is 14.3 Å². The Morgan fingerprint density at radius 1 is 0.903 bits per heavy atom. The first kappa shape index (κ1) is 20.9. The highest BCUT2D eigenvalue weighted by Crippen LogP contribution is 2.44. The zero-order chi connectivity index (χ0) is 21.8. The monoisotopic (exact) mass is 479 g/mol. The number of nitrogens with one attached hydrogen (secondary N) is 3. The molecule has 0 spiro atoms. The molecule has 0 atom stereocenters. The van der Waals surface area contributed by atoms with E-state index in [0.717, 1.165) is 15.6 Å². The zero-order valence-electron chi connectivity index (χ0n) is 16.9. The lowest BCUT2D eigenvalue weighted by molar-refractivity contribution is 0.158. The lowest BCUT2D eigenvalue weighted by atomic mass is 9.98. The molecule has 3 N–H and O–H groups in total. The van der Waals surface area contributed by atoms with Crippen LogP contribution in [-0.4, -0.2) is 25.3 Å². The second-order valence-corrected chi connectivity index (χ2v) is 8.04. The van der Waals surface area contributed by atoms with Crippen LogP contribution in [0.5, 0.6) is 0 Å². The van der Waals surface area contributed by atoms with Crippen LogP contribution in [0.4, 0.5) is 21.0 Å². The molecule has 1 aliphatic carbocycles. The van der Waals surface area contributed by atoms with Gasteiger partial charge >= 0.3 is 12.1 Å². The van der Waals surface area contributed by atoms with Crippen LogP contribution in [0.15, 0.2) is 71.2 Å². The third-order valence-electron chi connectivity index (χ3n) is 5.15. The second-order valence-electron chi connectivity index (χ2n) is 7.12. The van der Waals surface area contributed by atoms with Gasteiger partial charge in [-0.05, 0) is 47.4 Å². The molecule has 0 heterocycles. The van der Waals surface area contributed by atoms with Crippen molar-refractivity contribution in [2.24, 2.45) is 0 Å². The molecule has 3 amide bonds. The summed E-state index contributed by atoms with van der Waals surface area (Å²) in [5.41, 5.74) is 5.57. The number of urea groups is 1. The van der Waals surface area contributed by atoms with Crippen molar-refractivity contribution in [1.82, 2.24) is 5.32 Å². The molecule has 0 aliphatic heterocycles. The fourth-order valence-electron chi connectivity index (χ4n) is 3.80. The van der Waals surface area contributed by atoms with Gasteiger partial charge in [-0.3, -0.25) is 5.32 Å². The Kier molecular flexibility index (Phi) is 6.23. The molecule has 0 aromatic heterocycles. The first-order valence-corrected chi connectivity index (χ1v) is 10.8. The molecule has 0 bridgehead atoms. The minimum atomic E-state index is -0.580. The van der Waals surface area contributed by atoms with E-state index < -0.39 is 6.09 Å². The number of carbonyl (C=O) groups is 2. The van der Waals surface area contributed by atoms with Gasteiger partial charge in [0.25, 0.3) is 0 Å². The van der Waals surface area contributed by atoms with Gasteiger partial charge in [-0.25, -0.2) is 9.59 Å². The van der Waals surface area contributed by atoms with Gasteiger partial charge in [0.05, 0.1) is 11.4 Å². The van der Waals surface area contributed by atoms with E-state index in [1.165, 1.54) is 11.1 Å². The standard InChI is InChI=1S/C24H22BrN3O3/c1-2-26-23(29)27-22-13-15(25)11-12-21(22)28-24(30)31-14-20-18-9-5-3-7-16(18)17-8-4-6-10-19(17)20/h3-13,20H,2,14H2,1H3,(H,28,30)(H2,26,27,29). The van der Waals surface area contributed by atoms with Crippen LogP contribution >= 0.6 is 15.9 Å². The summed E-state index contributed by atoms with van der Waals surface area (Å²) in [6.07, 6.45) is -0.580. The maximum atomic E-state index is 12.6. The van der Waals surface area contributed by atoms with Crippen LogP contribution in [0.2, 0.25) is 0 Å². The Balaban J connectivity index is 1.47. The molecular weight excluding hydrogens is 458 g/mol. The number of anilines is 2. The number of fused-ring (bicyclic) bond motifs is 3. The highest BCUT2D eigenvalue weighted by Gasteiger charge is 2.29. The number of hydrogen-bond acceptors (Lipinski definition) is 3. The minimum absolute atomic E-state index is 0.0176. The highest BCUT2D eigenvalue weighted by atomic mass is 79.9. The van der Waals surface area contributed by atoms with E-state index in [1.807, 2.05) is 31.2 Å². The lowest BCUT2D eigenvalue weighted by Gasteiger charge is -2.16. The van der Waals surface area contributed by atoms with E-state index in [9.17, 15) is 9.59 Å². The molecule has 7 heteroatoms. The number of rotatable bonds is 5. The van der Waals surface area contributed by atoms with E-state index in [-0.39, 0.29) is 18.6 Å². The van der Waals surface area contributed by atoms with Gasteiger partial charge < -0.3 is 15.4 Å². The number of ether oxygens (including phenoxy) is 1. The molecule has 31 heavy (non-hydrogen) atoms. The van der Waals surface area contributed by atoms with Gasteiger partial charge in [0.15, 0.2) is 0 Å². The van der Waals surface area contributed by atoms with E-state index in [1.54, 1.807) is 18.2 Å². The Hall–Kier alpha value is -3.32. The van der Waals surface area contributed by atoms with Crippen LogP contribution < -0.4 is 16.0 Å². The Morgan fingerprint density at radius 3 is 2.19 bits per heavy atom. The summed E-state index contributed by atoms with van der Waals surface area (Å²) in [6, 6.07) is 21.2. The largest absolute Gasteiger partial charge is 0.448 e. The van der Waals surface area contributed by atoms with Gasteiger partial charge in [-0.15, -0.1) is 0 Å². The molecule has 0 saturated carbocycles. The summed E-state index contributed by atoms with van der Waals surface area (Å²) in [5.74, 6) is -0.0176. The van der Waals surface area contributed by atoms with Crippen LogP contribution in [0.25, 0.3) is 11.1 Å². The van der Waals surface area contributed by atoms with Crippen LogP contribution in [0.1, 0.15) is 24.0 Å². The summed E-state index contributed by atoms with van der Waals surface area (Å²) in [4.78, 5) is 24.5. The van der Waals surface area contributed by atoms with E-state index in [2.05, 4.69) is 56.1 Å². The second kappa shape index (κ2) is 9.22. The maximum absolute atomic E-state index is 12.6. The first-order valence-electron chi connectivity index (χ1n) is 10.0. The average molecular weight is 480 g/mol. The van der Waals surface area contributed by atoms with Gasteiger partial charge in [0.2, 0.25) is 0 Å². The van der Waals surface area contributed by atoms with Crippen molar-refractivity contribution in [1.29, 1.82) is 0 Å². The zero-order valence-corrected chi connectivity index (χ0v) is 18.5. The van der Waals surface area contributed by atoms with E-state index in [4.69, 9.17) is 4.74 Å². The third kappa shape index (κ3) is 4.56. The Bertz CT molecular complexity index is 1090. The molecule has 4 rings (SSSR count). The summed E-state index contributed by atoms with van der Waals surface area (Å²) in [6.45, 7) is 2.54. The summed E-state index contributed by atoms with van der Waals surface area (Å²) in [7, 11) is 0. The Labute approximate surface area is 189 Å². The third-order valence-corrected chi connectivity index (χ3v) is 5.64. The number of benzene rings is 3. The number of halogens is 1. The molecule has 0 fully saturated rings. The first-order chi connectivity index (χ1) is 15.1. The van der Waals surface area contributed by atoms with Gasteiger partial charge in [0.1, 0.15) is 6.61 Å². The van der Waals surface area contributed by atoms with Crippen molar-refractivity contribution in [2.75, 3.05) is 23.8 Å².